The second-order valence-electron chi connectivity index (χ2n) is 6.13. The lowest BCUT2D eigenvalue weighted by Crippen LogP contribution is -2.40. The number of hydrogen-bond acceptors (Lipinski definition) is 4. The van der Waals surface area contributed by atoms with E-state index < -0.39 is 0 Å². The highest BCUT2D eigenvalue weighted by Gasteiger charge is 2.24. The second-order valence-corrected chi connectivity index (χ2v) is 6.13. The molecule has 1 aliphatic heterocycles. The van der Waals surface area contributed by atoms with Crippen molar-refractivity contribution in [2.45, 2.75) is 38.8 Å². The molecule has 0 aliphatic carbocycles. The Kier molecular flexibility index (Phi) is 4.68. The first-order valence-corrected chi connectivity index (χ1v) is 8.05. The van der Waals surface area contributed by atoms with E-state index in [2.05, 4.69) is 58.3 Å². The minimum Gasteiger partial charge on any atom is -0.382 e. The molecule has 2 heterocycles. The summed E-state index contributed by atoms with van der Waals surface area (Å²) in [6.45, 7) is 6.55. The third kappa shape index (κ3) is 3.63. The van der Waals surface area contributed by atoms with Gasteiger partial charge in [0.2, 0.25) is 0 Å². The molecule has 0 spiro atoms. The zero-order chi connectivity index (χ0) is 15.4. The fraction of sp³-hybridized carbons (Fsp3) is 0.444. The van der Waals surface area contributed by atoms with Crippen molar-refractivity contribution in [3.63, 3.8) is 0 Å². The molecule has 3 rings (SSSR count). The molecule has 1 unspecified atom stereocenters. The number of aromatic nitrogens is 2. The van der Waals surface area contributed by atoms with E-state index in [0.717, 1.165) is 18.8 Å². The lowest BCUT2D eigenvalue weighted by molar-refractivity contribution is 0.164. The number of likely N-dealkylation sites (tertiary alicyclic amines) is 1. The Morgan fingerprint density at radius 1 is 1.23 bits per heavy atom. The van der Waals surface area contributed by atoms with Crippen LogP contribution in [0.2, 0.25) is 0 Å². The molecule has 1 aromatic heterocycles. The van der Waals surface area contributed by atoms with Crippen LogP contribution in [-0.2, 0) is 0 Å². The normalized spacial score (nSPS) is 18.1. The van der Waals surface area contributed by atoms with Gasteiger partial charge < -0.3 is 5.32 Å². The highest BCUT2D eigenvalue weighted by molar-refractivity contribution is 5.46. The second kappa shape index (κ2) is 6.88. The van der Waals surface area contributed by atoms with Gasteiger partial charge in [-0.05, 0) is 44.4 Å². The van der Waals surface area contributed by atoms with E-state index in [9.17, 15) is 0 Å². The molecule has 22 heavy (non-hydrogen) atoms. The standard InChI is InChI=1S/C18H24N4/c1-14-4-3-5-17(12-14)21-16-6-10-22(11-7-16)15(2)18-13-19-8-9-20-18/h3-5,8-9,12-13,15-16,21H,6-7,10-11H2,1-2H3. The first-order valence-electron chi connectivity index (χ1n) is 8.05. The molecule has 1 aliphatic rings. The van der Waals surface area contributed by atoms with Crippen molar-refractivity contribution in [1.82, 2.24) is 14.9 Å². The van der Waals surface area contributed by atoms with Gasteiger partial charge in [-0.3, -0.25) is 14.9 Å². The molecular weight excluding hydrogens is 272 g/mol. The monoisotopic (exact) mass is 296 g/mol. The Morgan fingerprint density at radius 3 is 2.73 bits per heavy atom. The summed E-state index contributed by atoms with van der Waals surface area (Å²) in [7, 11) is 0. The highest BCUT2D eigenvalue weighted by Crippen LogP contribution is 2.24. The predicted octanol–water partition coefficient (Wildman–Crippen LogP) is 3.42. The number of nitrogens with one attached hydrogen (secondary N) is 1. The molecule has 116 valence electrons. The summed E-state index contributed by atoms with van der Waals surface area (Å²) in [5.74, 6) is 0. The Hall–Kier alpha value is -1.94. The predicted molar refractivity (Wildman–Crippen MR) is 89.8 cm³/mol. The summed E-state index contributed by atoms with van der Waals surface area (Å²) >= 11 is 0. The van der Waals surface area contributed by atoms with Crippen LogP contribution in [0, 0.1) is 6.92 Å². The Bertz CT molecular complexity index is 591. The maximum Gasteiger partial charge on any atom is 0.0755 e. The number of piperidine rings is 1. The number of aryl methyl sites for hydroxylation is 1. The number of anilines is 1. The summed E-state index contributed by atoms with van der Waals surface area (Å²) in [6.07, 6.45) is 7.71. The lowest BCUT2D eigenvalue weighted by atomic mass is 10.0. The average Bonchev–Trinajstić information content (AvgIpc) is 2.56. The van der Waals surface area contributed by atoms with Gasteiger partial charge in [0.1, 0.15) is 0 Å². The molecule has 1 fully saturated rings. The molecular formula is C18H24N4. The zero-order valence-corrected chi connectivity index (χ0v) is 13.4. The molecule has 4 nitrogen and oxygen atoms in total. The van der Waals surface area contributed by atoms with Crippen molar-refractivity contribution in [3.05, 3.63) is 54.1 Å². The molecule has 1 saturated heterocycles. The van der Waals surface area contributed by atoms with Gasteiger partial charge in [-0.25, -0.2) is 0 Å². The fourth-order valence-corrected chi connectivity index (χ4v) is 3.12. The lowest BCUT2D eigenvalue weighted by Gasteiger charge is -2.36. The van der Waals surface area contributed by atoms with E-state index in [1.54, 1.807) is 12.4 Å². The summed E-state index contributed by atoms with van der Waals surface area (Å²) in [6, 6.07) is 9.52. The van der Waals surface area contributed by atoms with Crippen LogP contribution in [0.15, 0.2) is 42.9 Å². The molecule has 0 amide bonds. The van der Waals surface area contributed by atoms with Crippen molar-refractivity contribution in [2.24, 2.45) is 0 Å². The van der Waals surface area contributed by atoms with Crippen LogP contribution in [-0.4, -0.2) is 34.0 Å². The minimum absolute atomic E-state index is 0.341. The van der Waals surface area contributed by atoms with Crippen LogP contribution in [0.3, 0.4) is 0 Å². The van der Waals surface area contributed by atoms with E-state index in [-0.39, 0.29) is 0 Å². The van der Waals surface area contributed by atoms with Crippen molar-refractivity contribution >= 4 is 5.69 Å². The van der Waals surface area contributed by atoms with Gasteiger partial charge in [0.25, 0.3) is 0 Å². The van der Waals surface area contributed by atoms with Crippen LogP contribution >= 0.6 is 0 Å². The third-order valence-electron chi connectivity index (χ3n) is 4.48. The molecule has 1 N–H and O–H groups in total. The summed E-state index contributed by atoms with van der Waals surface area (Å²) in [4.78, 5) is 11.1. The number of rotatable bonds is 4. The number of nitrogens with zero attached hydrogens (tertiary/aromatic N) is 3. The van der Waals surface area contributed by atoms with E-state index in [4.69, 9.17) is 0 Å². The van der Waals surface area contributed by atoms with Crippen LogP contribution in [0.5, 0.6) is 0 Å². The van der Waals surface area contributed by atoms with Gasteiger partial charge in [-0.1, -0.05) is 12.1 Å². The van der Waals surface area contributed by atoms with Gasteiger partial charge in [0, 0.05) is 43.4 Å². The van der Waals surface area contributed by atoms with Crippen molar-refractivity contribution in [3.8, 4) is 0 Å². The van der Waals surface area contributed by atoms with Crippen LogP contribution in [0.25, 0.3) is 0 Å². The molecule has 4 heteroatoms. The van der Waals surface area contributed by atoms with Gasteiger partial charge in [0.05, 0.1) is 11.7 Å². The summed E-state index contributed by atoms with van der Waals surface area (Å²) in [5.41, 5.74) is 3.60. The maximum atomic E-state index is 4.43. The Morgan fingerprint density at radius 2 is 2.05 bits per heavy atom. The average molecular weight is 296 g/mol. The highest BCUT2D eigenvalue weighted by atomic mass is 15.2. The van der Waals surface area contributed by atoms with E-state index in [1.165, 1.54) is 24.1 Å². The van der Waals surface area contributed by atoms with Crippen LogP contribution < -0.4 is 5.32 Å². The van der Waals surface area contributed by atoms with Crippen LogP contribution in [0.4, 0.5) is 5.69 Å². The first-order chi connectivity index (χ1) is 10.7. The molecule has 0 radical (unpaired) electrons. The van der Waals surface area contributed by atoms with Gasteiger partial charge >= 0.3 is 0 Å². The fourth-order valence-electron chi connectivity index (χ4n) is 3.12. The number of hydrogen-bond donors (Lipinski definition) is 1. The summed E-state index contributed by atoms with van der Waals surface area (Å²) in [5, 5.41) is 3.67. The quantitative estimate of drug-likeness (QED) is 0.938. The van der Waals surface area contributed by atoms with E-state index >= 15 is 0 Å². The third-order valence-corrected chi connectivity index (χ3v) is 4.48. The SMILES string of the molecule is Cc1cccc(NC2CCN(C(C)c3cnccn3)CC2)c1. The largest absolute Gasteiger partial charge is 0.382 e. The van der Waals surface area contributed by atoms with Crippen molar-refractivity contribution < 1.29 is 0 Å². The summed E-state index contributed by atoms with van der Waals surface area (Å²) < 4.78 is 0. The van der Waals surface area contributed by atoms with Gasteiger partial charge in [-0.2, -0.15) is 0 Å². The van der Waals surface area contributed by atoms with E-state index in [1.807, 2.05) is 6.20 Å². The number of benzene rings is 1. The van der Waals surface area contributed by atoms with Gasteiger partial charge in [0.15, 0.2) is 0 Å². The zero-order valence-electron chi connectivity index (χ0n) is 13.4. The minimum atomic E-state index is 0.341. The maximum absolute atomic E-state index is 4.43. The topological polar surface area (TPSA) is 41.0 Å². The Labute approximate surface area is 132 Å². The smallest absolute Gasteiger partial charge is 0.0755 e. The van der Waals surface area contributed by atoms with Crippen molar-refractivity contribution in [1.29, 1.82) is 0 Å². The van der Waals surface area contributed by atoms with Gasteiger partial charge in [-0.15, -0.1) is 0 Å². The molecule has 2 aromatic rings. The van der Waals surface area contributed by atoms with E-state index in [0.29, 0.717) is 12.1 Å². The molecule has 0 saturated carbocycles. The van der Waals surface area contributed by atoms with Crippen molar-refractivity contribution in [2.75, 3.05) is 18.4 Å². The first kappa shape index (κ1) is 15.0. The molecule has 0 bridgehead atoms. The Balaban J connectivity index is 1.54. The molecule has 1 atom stereocenters. The molecule has 1 aromatic carbocycles. The van der Waals surface area contributed by atoms with Crippen LogP contribution in [0.1, 0.15) is 37.1 Å².